The van der Waals surface area contributed by atoms with E-state index in [0.717, 1.165) is 17.3 Å². The van der Waals surface area contributed by atoms with Crippen LogP contribution in [0.5, 0.6) is 11.5 Å². The fourth-order valence-corrected chi connectivity index (χ4v) is 2.62. The van der Waals surface area contributed by atoms with Gasteiger partial charge in [0.15, 0.2) is 11.5 Å². The number of anilines is 1. The number of rotatable bonds is 8. The van der Waals surface area contributed by atoms with Gasteiger partial charge in [-0.15, -0.1) is 0 Å². The zero-order valence-corrected chi connectivity index (χ0v) is 16.2. The molecule has 2 aromatic carbocycles. The van der Waals surface area contributed by atoms with Crippen molar-refractivity contribution in [3.8, 4) is 11.5 Å². The van der Waals surface area contributed by atoms with E-state index in [1.165, 1.54) is 12.1 Å². The van der Waals surface area contributed by atoms with Crippen molar-refractivity contribution in [2.75, 3.05) is 12.5 Å². The summed E-state index contributed by atoms with van der Waals surface area (Å²) in [6, 6.07) is 15.7. The molecule has 0 aliphatic heterocycles. The third-order valence-electron chi connectivity index (χ3n) is 3.82. The lowest BCUT2D eigenvalue weighted by Crippen LogP contribution is -1.99. The summed E-state index contributed by atoms with van der Waals surface area (Å²) in [6.07, 6.45) is 2.74. The third kappa shape index (κ3) is 5.66. The van der Waals surface area contributed by atoms with Crippen LogP contribution in [-0.2, 0) is 6.61 Å². The van der Waals surface area contributed by atoms with Gasteiger partial charge in [-0.1, -0.05) is 23.7 Å². The van der Waals surface area contributed by atoms with Crippen molar-refractivity contribution in [3.63, 3.8) is 0 Å². The van der Waals surface area contributed by atoms with E-state index in [9.17, 15) is 10.1 Å². The van der Waals surface area contributed by atoms with Crippen molar-refractivity contribution in [1.82, 2.24) is 4.98 Å². The van der Waals surface area contributed by atoms with Gasteiger partial charge in [0.2, 0.25) is 0 Å². The van der Waals surface area contributed by atoms with Gasteiger partial charge in [-0.25, -0.2) is 4.98 Å². The highest BCUT2D eigenvalue weighted by Crippen LogP contribution is 2.28. The number of halogens is 1. The topological polar surface area (TPSA) is 98.9 Å². The number of ether oxygens (including phenoxy) is 2. The van der Waals surface area contributed by atoms with Crippen LogP contribution in [0.3, 0.4) is 0 Å². The maximum atomic E-state index is 10.6. The van der Waals surface area contributed by atoms with Crippen molar-refractivity contribution >= 4 is 29.3 Å². The summed E-state index contributed by atoms with van der Waals surface area (Å²) in [6.45, 7) is 0.359. The number of nitrogens with zero attached hydrogens (tertiary/aromatic N) is 3. The zero-order valence-electron chi connectivity index (χ0n) is 15.4. The highest BCUT2D eigenvalue weighted by Gasteiger charge is 2.07. The summed E-state index contributed by atoms with van der Waals surface area (Å²) in [7, 11) is 1.56. The fraction of sp³-hybridized carbons (Fsp3) is 0.100. The van der Waals surface area contributed by atoms with Crippen molar-refractivity contribution in [3.05, 3.63) is 87.1 Å². The lowest BCUT2D eigenvalue weighted by molar-refractivity contribution is -0.385. The molecule has 0 saturated heterocycles. The molecule has 29 heavy (non-hydrogen) atoms. The van der Waals surface area contributed by atoms with Gasteiger partial charge in [-0.05, 0) is 47.5 Å². The number of hydrazone groups is 1. The molecular weight excluding hydrogens is 396 g/mol. The minimum absolute atomic E-state index is 0.0855. The molecule has 3 rings (SSSR count). The summed E-state index contributed by atoms with van der Waals surface area (Å²) in [5.74, 6) is 1.54. The highest BCUT2D eigenvalue weighted by molar-refractivity contribution is 6.30. The Hall–Kier alpha value is -3.65. The Bertz CT molecular complexity index is 1030. The van der Waals surface area contributed by atoms with Gasteiger partial charge in [-0.2, -0.15) is 5.10 Å². The number of benzene rings is 2. The van der Waals surface area contributed by atoms with Crippen molar-refractivity contribution in [2.45, 2.75) is 6.61 Å². The maximum Gasteiger partial charge on any atom is 0.287 e. The van der Waals surface area contributed by atoms with Gasteiger partial charge in [0.25, 0.3) is 5.69 Å². The van der Waals surface area contributed by atoms with E-state index >= 15 is 0 Å². The molecule has 0 fully saturated rings. The Labute approximate surface area is 171 Å². The Kier molecular flexibility index (Phi) is 6.59. The number of pyridine rings is 1. The molecule has 0 unspecified atom stereocenters. The first kappa shape index (κ1) is 20.1. The van der Waals surface area contributed by atoms with E-state index in [1.54, 1.807) is 31.5 Å². The normalized spacial score (nSPS) is 10.7. The van der Waals surface area contributed by atoms with Crippen LogP contribution < -0.4 is 14.9 Å². The summed E-state index contributed by atoms with van der Waals surface area (Å²) >= 11 is 5.99. The molecule has 9 heteroatoms. The summed E-state index contributed by atoms with van der Waals surface area (Å²) < 4.78 is 11.2. The van der Waals surface area contributed by atoms with Crippen LogP contribution >= 0.6 is 11.6 Å². The van der Waals surface area contributed by atoms with E-state index in [2.05, 4.69) is 15.5 Å². The molecule has 0 spiro atoms. The smallest absolute Gasteiger partial charge is 0.287 e. The van der Waals surface area contributed by atoms with Crippen LogP contribution in [0.2, 0.25) is 5.02 Å². The average molecular weight is 413 g/mol. The first-order valence-corrected chi connectivity index (χ1v) is 8.88. The first-order chi connectivity index (χ1) is 14.0. The van der Waals surface area contributed by atoms with Gasteiger partial charge in [0.05, 0.1) is 18.2 Å². The number of nitrogens with one attached hydrogen (secondary N) is 1. The molecule has 0 aliphatic rings. The largest absolute Gasteiger partial charge is 0.493 e. The van der Waals surface area contributed by atoms with Crippen molar-refractivity contribution < 1.29 is 14.4 Å². The fourth-order valence-electron chi connectivity index (χ4n) is 2.40. The summed E-state index contributed by atoms with van der Waals surface area (Å²) in [5, 5.41) is 15.4. The van der Waals surface area contributed by atoms with E-state index in [0.29, 0.717) is 28.9 Å². The van der Waals surface area contributed by atoms with Gasteiger partial charge in [0, 0.05) is 11.1 Å². The first-order valence-electron chi connectivity index (χ1n) is 8.50. The molecule has 1 N–H and O–H groups in total. The molecule has 8 nitrogen and oxygen atoms in total. The van der Waals surface area contributed by atoms with Gasteiger partial charge >= 0.3 is 0 Å². The van der Waals surface area contributed by atoms with Crippen LogP contribution in [0.25, 0.3) is 0 Å². The third-order valence-corrected chi connectivity index (χ3v) is 4.06. The Balaban J connectivity index is 1.63. The molecule has 1 aromatic heterocycles. The second kappa shape index (κ2) is 9.52. The van der Waals surface area contributed by atoms with Gasteiger partial charge in [-0.3, -0.25) is 15.5 Å². The predicted octanol–water partition coefficient (Wildman–Crippen LogP) is 4.68. The summed E-state index contributed by atoms with van der Waals surface area (Å²) in [5.41, 5.74) is 4.35. The number of hydrogen-bond acceptors (Lipinski definition) is 7. The monoisotopic (exact) mass is 412 g/mol. The Morgan fingerprint density at radius 2 is 2.07 bits per heavy atom. The Morgan fingerprint density at radius 1 is 1.21 bits per heavy atom. The van der Waals surface area contributed by atoms with Gasteiger partial charge < -0.3 is 9.47 Å². The van der Waals surface area contributed by atoms with Crippen LogP contribution in [-0.4, -0.2) is 23.2 Å². The lowest BCUT2D eigenvalue weighted by Gasteiger charge is -2.11. The van der Waals surface area contributed by atoms with E-state index in [4.69, 9.17) is 21.1 Å². The van der Waals surface area contributed by atoms with E-state index in [-0.39, 0.29) is 5.69 Å². The molecule has 0 atom stereocenters. The second-order valence-electron chi connectivity index (χ2n) is 5.86. The van der Waals surface area contributed by atoms with Crippen molar-refractivity contribution in [1.29, 1.82) is 0 Å². The number of hydrogen-bond donors (Lipinski definition) is 1. The highest BCUT2D eigenvalue weighted by atomic mass is 35.5. The molecule has 0 aliphatic carbocycles. The number of nitro groups is 1. The molecule has 3 aromatic rings. The molecule has 0 saturated carbocycles. The standard InChI is InChI=1S/C20H17ClN4O4/c1-28-19-10-14(11-23-24-20-8-6-17(12-22-20)25(26)27)5-7-18(19)29-13-15-3-2-4-16(21)9-15/h2-12H,13H2,1H3,(H,22,24)/b23-11-. The molecule has 0 radical (unpaired) electrons. The van der Waals surface area contributed by atoms with E-state index in [1.807, 2.05) is 24.3 Å². The quantitative estimate of drug-likeness (QED) is 0.327. The van der Waals surface area contributed by atoms with Gasteiger partial charge in [0.1, 0.15) is 18.6 Å². The minimum atomic E-state index is -0.512. The molecular formula is C20H17ClN4O4. The van der Waals surface area contributed by atoms with Crippen LogP contribution in [0.15, 0.2) is 65.9 Å². The molecule has 0 amide bonds. The Morgan fingerprint density at radius 3 is 2.76 bits per heavy atom. The van der Waals surface area contributed by atoms with Crippen LogP contribution in [0.4, 0.5) is 11.5 Å². The molecule has 0 bridgehead atoms. The SMILES string of the molecule is COc1cc(/C=N\Nc2ccc([N+](=O)[O-])cn2)ccc1OCc1cccc(Cl)c1. The summed E-state index contributed by atoms with van der Waals surface area (Å²) in [4.78, 5) is 14.0. The van der Waals surface area contributed by atoms with E-state index < -0.39 is 4.92 Å². The van der Waals surface area contributed by atoms with Crippen molar-refractivity contribution in [2.24, 2.45) is 5.10 Å². The molecule has 1 heterocycles. The minimum Gasteiger partial charge on any atom is -0.493 e. The predicted molar refractivity (Wildman–Crippen MR) is 111 cm³/mol. The second-order valence-corrected chi connectivity index (χ2v) is 6.29. The maximum absolute atomic E-state index is 10.6. The number of methoxy groups -OCH3 is 1. The number of aromatic nitrogens is 1. The molecule has 148 valence electrons. The zero-order chi connectivity index (χ0) is 20.6. The average Bonchev–Trinajstić information content (AvgIpc) is 2.73. The van der Waals surface area contributed by atoms with Crippen LogP contribution in [0.1, 0.15) is 11.1 Å². The lowest BCUT2D eigenvalue weighted by atomic mass is 10.2. The van der Waals surface area contributed by atoms with Crippen LogP contribution in [0, 0.1) is 10.1 Å².